The molecule has 1 saturated carbocycles. The first-order chi connectivity index (χ1) is 15.9. The van der Waals surface area contributed by atoms with Gasteiger partial charge in [-0.15, -0.1) is 0 Å². The van der Waals surface area contributed by atoms with E-state index in [-0.39, 0.29) is 23.8 Å². The van der Waals surface area contributed by atoms with Gasteiger partial charge in [0.25, 0.3) is 0 Å². The number of furan rings is 1. The smallest absolute Gasteiger partial charge is 0.243 e. The molecule has 5 rings (SSSR count). The molecule has 1 aliphatic carbocycles. The molecule has 9 nitrogen and oxygen atoms in total. The molecule has 3 aromatic rings. The van der Waals surface area contributed by atoms with Crippen LogP contribution in [0.15, 0.2) is 40.4 Å². The molecule has 172 valence electrons. The number of rotatable bonds is 4. The van der Waals surface area contributed by atoms with E-state index in [1.807, 2.05) is 30.7 Å². The fourth-order valence-corrected chi connectivity index (χ4v) is 4.91. The standard InChI is InChI=1S/C24H28N6O3/c1-4-18(31)26-14-6-8-15(9-7-14)30-21(19-20(29-30)24(32)28-27-23(19)25)22-13(3)16-11-12(2)5-10-17(16)33-22/h4-5,10-11,14-15,24,28,32H,1,6-9H2,2-3H3,(H2,25,27)(H,26,31). The third-order valence-corrected chi connectivity index (χ3v) is 6.64. The molecular formula is C24H28N6O3. The van der Waals surface area contributed by atoms with Crippen LogP contribution in [0, 0.1) is 13.8 Å². The van der Waals surface area contributed by atoms with Crippen LogP contribution in [0.2, 0.25) is 0 Å². The van der Waals surface area contributed by atoms with Gasteiger partial charge in [0.05, 0.1) is 11.6 Å². The number of amidine groups is 1. The second-order valence-electron chi connectivity index (χ2n) is 8.86. The second kappa shape index (κ2) is 8.08. The maximum Gasteiger partial charge on any atom is 0.243 e. The summed E-state index contributed by atoms with van der Waals surface area (Å²) in [5.41, 5.74) is 13.6. The minimum absolute atomic E-state index is 0.0665. The van der Waals surface area contributed by atoms with Crippen LogP contribution in [0.1, 0.15) is 60.3 Å². The minimum Gasteiger partial charge on any atom is -0.454 e. The van der Waals surface area contributed by atoms with E-state index in [9.17, 15) is 9.90 Å². The normalized spacial score (nSPS) is 22.4. The molecule has 1 atom stereocenters. The lowest BCUT2D eigenvalue weighted by Crippen LogP contribution is -2.37. The predicted octanol–water partition coefficient (Wildman–Crippen LogP) is 2.91. The van der Waals surface area contributed by atoms with E-state index in [1.54, 1.807) is 0 Å². The molecule has 2 aromatic heterocycles. The van der Waals surface area contributed by atoms with Gasteiger partial charge in [0, 0.05) is 17.0 Å². The first-order valence-electron chi connectivity index (χ1n) is 11.2. The van der Waals surface area contributed by atoms with E-state index < -0.39 is 6.23 Å². The highest BCUT2D eigenvalue weighted by atomic mass is 16.3. The Morgan fingerprint density at radius 3 is 2.82 bits per heavy atom. The lowest BCUT2D eigenvalue weighted by molar-refractivity contribution is -0.117. The van der Waals surface area contributed by atoms with Crippen molar-refractivity contribution in [2.75, 3.05) is 0 Å². The zero-order chi connectivity index (χ0) is 23.3. The average molecular weight is 449 g/mol. The topological polar surface area (TPSA) is 131 Å². The molecule has 3 heterocycles. The molecule has 1 aromatic carbocycles. The van der Waals surface area contributed by atoms with Crippen molar-refractivity contribution in [1.29, 1.82) is 0 Å². The van der Waals surface area contributed by atoms with Crippen LogP contribution < -0.4 is 16.5 Å². The zero-order valence-corrected chi connectivity index (χ0v) is 18.8. The monoisotopic (exact) mass is 448 g/mol. The van der Waals surface area contributed by atoms with Gasteiger partial charge in [-0.25, -0.2) is 0 Å². The molecule has 1 unspecified atom stereocenters. The first-order valence-corrected chi connectivity index (χ1v) is 11.2. The van der Waals surface area contributed by atoms with Crippen LogP contribution in [0.4, 0.5) is 0 Å². The molecule has 0 saturated heterocycles. The van der Waals surface area contributed by atoms with Crippen molar-refractivity contribution < 1.29 is 14.3 Å². The van der Waals surface area contributed by atoms with Crippen molar-refractivity contribution in [2.24, 2.45) is 10.8 Å². The van der Waals surface area contributed by atoms with Gasteiger partial charge in [-0.05, 0) is 57.7 Å². The summed E-state index contributed by atoms with van der Waals surface area (Å²) in [6.07, 6.45) is 3.51. The van der Waals surface area contributed by atoms with Crippen molar-refractivity contribution in [1.82, 2.24) is 20.5 Å². The molecule has 33 heavy (non-hydrogen) atoms. The van der Waals surface area contributed by atoms with Crippen LogP contribution in [0.25, 0.3) is 22.4 Å². The number of nitrogens with two attached hydrogens (primary N) is 1. The van der Waals surface area contributed by atoms with Crippen LogP contribution in [-0.2, 0) is 4.79 Å². The van der Waals surface area contributed by atoms with Crippen LogP contribution in [0.5, 0.6) is 0 Å². The Morgan fingerprint density at radius 2 is 2.09 bits per heavy atom. The number of hydrogen-bond acceptors (Lipinski definition) is 7. The average Bonchev–Trinajstić information content (AvgIpc) is 3.36. The van der Waals surface area contributed by atoms with Crippen molar-refractivity contribution in [3.05, 3.63) is 53.2 Å². The van der Waals surface area contributed by atoms with Gasteiger partial charge >= 0.3 is 0 Å². The number of hydrazone groups is 1. The fourth-order valence-electron chi connectivity index (χ4n) is 4.91. The molecule has 9 heteroatoms. The van der Waals surface area contributed by atoms with Crippen molar-refractivity contribution in [2.45, 2.75) is 57.8 Å². The van der Waals surface area contributed by atoms with Crippen LogP contribution >= 0.6 is 0 Å². The summed E-state index contributed by atoms with van der Waals surface area (Å²) < 4.78 is 8.26. The molecule has 0 spiro atoms. The molecule has 2 aliphatic rings. The summed E-state index contributed by atoms with van der Waals surface area (Å²) >= 11 is 0. The molecular weight excluding hydrogens is 420 g/mol. The van der Waals surface area contributed by atoms with E-state index in [0.717, 1.165) is 53.5 Å². The summed E-state index contributed by atoms with van der Waals surface area (Å²) in [5.74, 6) is 0.790. The van der Waals surface area contributed by atoms with Gasteiger partial charge in [0.15, 0.2) is 17.8 Å². The Kier molecular flexibility index (Phi) is 5.20. The third-order valence-electron chi connectivity index (χ3n) is 6.64. The van der Waals surface area contributed by atoms with Gasteiger partial charge < -0.3 is 20.6 Å². The molecule has 0 radical (unpaired) electrons. The maximum atomic E-state index is 11.7. The summed E-state index contributed by atoms with van der Waals surface area (Å²) in [4.78, 5) is 11.7. The number of fused-ring (bicyclic) bond motifs is 2. The number of nitrogens with zero attached hydrogens (tertiary/aromatic N) is 3. The highest BCUT2D eigenvalue weighted by Gasteiger charge is 2.35. The van der Waals surface area contributed by atoms with Gasteiger partial charge in [-0.3, -0.25) is 14.9 Å². The predicted molar refractivity (Wildman–Crippen MR) is 125 cm³/mol. The summed E-state index contributed by atoms with van der Waals surface area (Å²) in [7, 11) is 0. The van der Waals surface area contributed by atoms with Crippen molar-refractivity contribution >= 4 is 22.7 Å². The Hall–Kier alpha value is -3.59. The van der Waals surface area contributed by atoms with Gasteiger partial charge in [-0.1, -0.05) is 18.2 Å². The Balaban J connectivity index is 1.60. The number of nitrogens with one attached hydrogen (secondary N) is 2. The summed E-state index contributed by atoms with van der Waals surface area (Å²) in [6, 6.07) is 6.26. The Labute approximate surface area is 191 Å². The molecule has 5 N–H and O–H groups in total. The largest absolute Gasteiger partial charge is 0.454 e. The van der Waals surface area contributed by atoms with E-state index in [4.69, 9.17) is 15.2 Å². The van der Waals surface area contributed by atoms with Gasteiger partial charge in [0.1, 0.15) is 17.0 Å². The number of carbonyl (C=O) groups is 1. The first kappa shape index (κ1) is 21.3. The van der Waals surface area contributed by atoms with Crippen LogP contribution in [0.3, 0.4) is 0 Å². The highest BCUT2D eigenvalue weighted by molar-refractivity contribution is 6.05. The van der Waals surface area contributed by atoms with E-state index in [0.29, 0.717) is 17.0 Å². The lowest BCUT2D eigenvalue weighted by atomic mass is 9.90. The number of carbonyl (C=O) groups excluding carboxylic acids is 1. The number of aliphatic hydroxyl groups excluding tert-OH is 1. The van der Waals surface area contributed by atoms with E-state index in [1.165, 1.54) is 6.08 Å². The summed E-state index contributed by atoms with van der Waals surface area (Å²) in [6.45, 7) is 7.60. The number of hydrogen-bond donors (Lipinski definition) is 4. The molecule has 1 aliphatic heterocycles. The van der Waals surface area contributed by atoms with Crippen molar-refractivity contribution in [3.63, 3.8) is 0 Å². The molecule has 1 fully saturated rings. The summed E-state index contributed by atoms with van der Waals surface area (Å²) in [5, 5.41) is 23.4. The SMILES string of the molecule is C=CC(=O)NC1CCC(n2nc3c(c2-c2oc4ccc(C)cc4c2C)C(N)=NNC3O)CC1. The number of aliphatic hydroxyl groups is 1. The van der Waals surface area contributed by atoms with Crippen molar-refractivity contribution in [3.8, 4) is 11.5 Å². The third kappa shape index (κ3) is 3.58. The van der Waals surface area contributed by atoms with Gasteiger partial charge in [-0.2, -0.15) is 10.2 Å². The molecule has 1 amide bonds. The van der Waals surface area contributed by atoms with E-state index >= 15 is 0 Å². The van der Waals surface area contributed by atoms with Gasteiger partial charge in [0.2, 0.25) is 5.91 Å². The Bertz CT molecular complexity index is 1280. The quantitative estimate of drug-likeness (QED) is 0.454. The minimum atomic E-state index is -1.05. The number of aryl methyl sites for hydroxylation is 2. The number of amides is 1. The molecule has 0 bridgehead atoms. The fraction of sp³-hybridized carbons (Fsp3) is 0.375. The maximum absolute atomic E-state index is 11.7. The van der Waals surface area contributed by atoms with E-state index in [2.05, 4.69) is 28.5 Å². The second-order valence-corrected chi connectivity index (χ2v) is 8.86. The highest BCUT2D eigenvalue weighted by Crippen LogP contribution is 2.41. The zero-order valence-electron chi connectivity index (χ0n) is 18.8. The Morgan fingerprint density at radius 1 is 1.33 bits per heavy atom. The number of benzene rings is 1. The number of aromatic nitrogens is 2. The van der Waals surface area contributed by atoms with Crippen LogP contribution in [-0.4, -0.2) is 32.7 Å². The lowest BCUT2D eigenvalue weighted by Gasteiger charge is -2.30.